The Bertz CT molecular complexity index is 653. The molecule has 3 rings (SSSR count). The zero-order valence-electron chi connectivity index (χ0n) is 12.4. The van der Waals surface area contributed by atoms with Crippen LogP contribution in [0, 0.1) is 0 Å². The molecule has 1 unspecified atom stereocenters. The SMILES string of the molecule is CCOc1ccc2nc(NC(=O)CC3COCCN3)sc2c1. The lowest BCUT2D eigenvalue weighted by Gasteiger charge is -2.22. The topological polar surface area (TPSA) is 72.5 Å². The summed E-state index contributed by atoms with van der Waals surface area (Å²) in [6, 6.07) is 5.82. The number of hydrogen-bond acceptors (Lipinski definition) is 6. The predicted octanol–water partition coefficient (Wildman–Crippen LogP) is 2.01. The summed E-state index contributed by atoms with van der Waals surface area (Å²) in [6.07, 6.45) is 0.389. The van der Waals surface area contributed by atoms with E-state index in [9.17, 15) is 4.79 Å². The lowest BCUT2D eigenvalue weighted by molar-refractivity contribution is -0.117. The van der Waals surface area contributed by atoms with Gasteiger partial charge in [-0.25, -0.2) is 4.98 Å². The molecule has 0 bridgehead atoms. The van der Waals surface area contributed by atoms with E-state index in [1.807, 2.05) is 25.1 Å². The Labute approximate surface area is 132 Å². The van der Waals surface area contributed by atoms with E-state index in [1.54, 1.807) is 0 Å². The van der Waals surface area contributed by atoms with Crippen molar-refractivity contribution in [3.8, 4) is 5.75 Å². The van der Waals surface area contributed by atoms with Crippen LogP contribution in [0.25, 0.3) is 10.2 Å². The maximum atomic E-state index is 12.1. The number of rotatable bonds is 5. The lowest BCUT2D eigenvalue weighted by atomic mass is 10.2. The standard InChI is InChI=1S/C15H19N3O3S/c1-2-21-11-3-4-12-13(8-11)22-15(17-12)18-14(19)7-10-9-20-6-5-16-10/h3-4,8,10,16H,2,5-7,9H2,1H3,(H,17,18,19). The number of nitrogens with one attached hydrogen (secondary N) is 2. The fourth-order valence-electron chi connectivity index (χ4n) is 2.36. The van der Waals surface area contributed by atoms with Crippen molar-refractivity contribution in [2.24, 2.45) is 0 Å². The van der Waals surface area contributed by atoms with E-state index >= 15 is 0 Å². The monoisotopic (exact) mass is 321 g/mol. The molecule has 1 amide bonds. The van der Waals surface area contributed by atoms with Gasteiger partial charge in [0, 0.05) is 19.0 Å². The Balaban J connectivity index is 1.64. The van der Waals surface area contributed by atoms with Crippen LogP contribution in [0.2, 0.25) is 0 Å². The van der Waals surface area contributed by atoms with Crippen LogP contribution in [0.5, 0.6) is 5.75 Å². The van der Waals surface area contributed by atoms with Crippen molar-refractivity contribution < 1.29 is 14.3 Å². The number of amides is 1. The van der Waals surface area contributed by atoms with Gasteiger partial charge in [-0.3, -0.25) is 4.79 Å². The van der Waals surface area contributed by atoms with Gasteiger partial charge in [-0.15, -0.1) is 0 Å². The Kier molecular flexibility index (Phi) is 4.87. The normalized spacial score (nSPS) is 18.3. The van der Waals surface area contributed by atoms with Gasteiger partial charge in [0.05, 0.1) is 30.0 Å². The van der Waals surface area contributed by atoms with Crippen molar-refractivity contribution >= 4 is 32.6 Å². The highest BCUT2D eigenvalue weighted by molar-refractivity contribution is 7.22. The number of hydrogen-bond donors (Lipinski definition) is 2. The molecule has 22 heavy (non-hydrogen) atoms. The number of aromatic nitrogens is 1. The average Bonchev–Trinajstić information content (AvgIpc) is 2.89. The highest BCUT2D eigenvalue weighted by Gasteiger charge is 2.17. The second kappa shape index (κ2) is 7.04. The van der Waals surface area contributed by atoms with Gasteiger partial charge in [-0.1, -0.05) is 11.3 Å². The number of fused-ring (bicyclic) bond motifs is 1. The molecule has 2 heterocycles. The smallest absolute Gasteiger partial charge is 0.227 e. The van der Waals surface area contributed by atoms with Gasteiger partial charge in [-0.2, -0.15) is 0 Å². The van der Waals surface area contributed by atoms with Crippen molar-refractivity contribution in [3.05, 3.63) is 18.2 Å². The number of carbonyl (C=O) groups excluding carboxylic acids is 1. The second-order valence-corrected chi connectivity index (χ2v) is 6.09. The molecule has 118 valence electrons. The number of ether oxygens (including phenoxy) is 2. The molecule has 2 aromatic rings. The molecule has 0 saturated carbocycles. The van der Waals surface area contributed by atoms with Crippen LogP contribution in [0.1, 0.15) is 13.3 Å². The summed E-state index contributed by atoms with van der Waals surface area (Å²) in [4.78, 5) is 16.5. The molecule has 1 aromatic carbocycles. The summed E-state index contributed by atoms with van der Waals surface area (Å²) in [5, 5.41) is 6.74. The van der Waals surface area contributed by atoms with E-state index in [0.29, 0.717) is 31.4 Å². The summed E-state index contributed by atoms with van der Waals surface area (Å²) < 4.78 is 11.8. The molecule has 1 aromatic heterocycles. The van der Waals surface area contributed by atoms with Crippen molar-refractivity contribution in [3.63, 3.8) is 0 Å². The minimum absolute atomic E-state index is 0.0490. The second-order valence-electron chi connectivity index (χ2n) is 5.06. The van der Waals surface area contributed by atoms with Gasteiger partial charge in [0.1, 0.15) is 5.75 Å². The van der Waals surface area contributed by atoms with Crippen LogP contribution in [-0.4, -0.2) is 43.3 Å². The molecular weight excluding hydrogens is 302 g/mol. The summed E-state index contributed by atoms with van der Waals surface area (Å²) in [6.45, 7) is 4.65. The van der Waals surface area contributed by atoms with Gasteiger partial charge in [-0.05, 0) is 25.1 Å². The molecule has 7 heteroatoms. The number of morpholine rings is 1. The molecule has 6 nitrogen and oxygen atoms in total. The quantitative estimate of drug-likeness (QED) is 0.881. The maximum Gasteiger partial charge on any atom is 0.227 e. The molecule has 0 aliphatic carbocycles. The third-order valence-corrected chi connectivity index (χ3v) is 4.28. The molecule has 1 atom stereocenters. The Morgan fingerprint density at radius 2 is 2.50 bits per heavy atom. The first-order valence-corrected chi connectivity index (χ1v) is 8.20. The van der Waals surface area contributed by atoms with Crippen LogP contribution in [0.3, 0.4) is 0 Å². The van der Waals surface area contributed by atoms with E-state index in [-0.39, 0.29) is 11.9 Å². The predicted molar refractivity (Wildman–Crippen MR) is 86.6 cm³/mol. The Hall–Kier alpha value is -1.70. The third-order valence-electron chi connectivity index (χ3n) is 3.35. The molecule has 1 fully saturated rings. The van der Waals surface area contributed by atoms with Crippen LogP contribution >= 0.6 is 11.3 Å². The van der Waals surface area contributed by atoms with Gasteiger partial charge in [0.25, 0.3) is 0 Å². The van der Waals surface area contributed by atoms with Crippen LogP contribution in [0.15, 0.2) is 18.2 Å². The van der Waals surface area contributed by atoms with Crippen LogP contribution in [0.4, 0.5) is 5.13 Å². The maximum absolute atomic E-state index is 12.1. The fourth-order valence-corrected chi connectivity index (χ4v) is 3.27. The highest BCUT2D eigenvalue weighted by Crippen LogP contribution is 2.29. The van der Waals surface area contributed by atoms with Crippen LogP contribution in [-0.2, 0) is 9.53 Å². The van der Waals surface area contributed by atoms with Crippen molar-refractivity contribution in [1.29, 1.82) is 0 Å². The van der Waals surface area contributed by atoms with Gasteiger partial charge in [0.2, 0.25) is 5.91 Å². The Morgan fingerprint density at radius 1 is 1.59 bits per heavy atom. The molecule has 1 aliphatic rings. The minimum Gasteiger partial charge on any atom is -0.494 e. The molecular formula is C15H19N3O3S. The first-order valence-electron chi connectivity index (χ1n) is 7.39. The first kappa shape index (κ1) is 15.2. The largest absolute Gasteiger partial charge is 0.494 e. The zero-order valence-corrected chi connectivity index (χ0v) is 13.2. The third kappa shape index (κ3) is 3.73. The minimum atomic E-state index is -0.0490. The van der Waals surface area contributed by atoms with Crippen molar-refractivity contribution in [1.82, 2.24) is 10.3 Å². The van der Waals surface area contributed by atoms with E-state index in [2.05, 4.69) is 15.6 Å². The highest BCUT2D eigenvalue weighted by atomic mass is 32.1. The van der Waals surface area contributed by atoms with E-state index in [4.69, 9.17) is 9.47 Å². The number of benzene rings is 1. The van der Waals surface area contributed by atoms with Gasteiger partial charge >= 0.3 is 0 Å². The average molecular weight is 321 g/mol. The van der Waals surface area contributed by atoms with Crippen LogP contribution < -0.4 is 15.4 Å². The summed E-state index contributed by atoms with van der Waals surface area (Å²) in [5.74, 6) is 0.771. The number of nitrogens with zero attached hydrogens (tertiary/aromatic N) is 1. The van der Waals surface area contributed by atoms with E-state index in [0.717, 1.165) is 22.5 Å². The molecule has 1 saturated heterocycles. The Morgan fingerprint density at radius 3 is 3.27 bits per heavy atom. The molecule has 1 aliphatic heterocycles. The molecule has 0 radical (unpaired) electrons. The molecule has 2 N–H and O–H groups in total. The summed E-state index contributed by atoms with van der Waals surface area (Å²) >= 11 is 1.45. The fraction of sp³-hybridized carbons (Fsp3) is 0.467. The van der Waals surface area contributed by atoms with E-state index in [1.165, 1.54) is 11.3 Å². The number of thiazole rings is 1. The zero-order chi connectivity index (χ0) is 15.4. The van der Waals surface area contributed by atoms with Crippen molar-refractivity contribution in [2.75, 3.05) is 31.7 Å². The number of carbonyl (C=O) groups is 1. The summed E-state index contributed by atoms with van der Waals surface area (Å²) in [5.41, 5.74) is 0.864. The summed E-state index contributed by atoms with van der Waals surface area (Å²) in [7, 11) is 0. The van der Waals surface area contributed by atoms with Crippen molar-refractivity contribution in [2.45, 2.75) is 19.4 Å². The van der Waals surface area contributed by atoms with Gasteiger partial charge < -0.3 is 20.1 Å². The lowest BCUT2D eigenvalue weighted by Crippen LogP contribution is -2.43. The number of anilines is 1. The van der Waals surface area contributed by atoms with E-state index < -0.39 is 0 Å². The molecule has 0 spiro atoms. The van der Waals surface area contributed by atoms with Gasteiger partial charge in [0.15, 0.2) is 5.13 Å². The first-order chi connectivity index (χ1) is 10.7.